The lowest BCUT2D eigenvalue weighted by atomic mass is 10.1. The highest BCUT2D eigenvalue weighted by Gasteiger charge is 2.28. The molecule has 1 N–H and O–H groups in total. The largest absolute Gasteiger partial charge is 0.301 e. The molecule has 3 nitrogen and oxygen atoms in total. The Bertz CT molecular complexity index is 502. The summed E-state index contributed by atoms with van der Waals surface area (Å²) in [6.07, 6.45) is 2.77. The van der Waals surface area contributed by atoms with Gasteiger partial charge in [-0.2, -0.15) is 0 Å². The van der Waals surface area contributed by atoms with Crippen molar-refractivity contribution in [2.45, 2.75) is 43.4 Å². The molecule has 0 bridgehead atoms. The SMILES string of the molecule is Cc1ccc(S(=O)(=O)C2CCCCN2)cc1C. The maximum absolute atomic E-state index is 12.4. The summed E-state index contributed by atoms with van der Waals surface area (Å²) in [5, 5.41) is 2.70. The molecule has 2 rings (SSSR count). The first-order valence-corrected chi connectivity index (χ1v) is 7.61. The minimum Gasteiger partial charge on any atom is -0.301 e. The molecule has 1 aromatic rings. The Hall–Kier alpha value is -0.870. The number of hydrogen-bond donors (Lipinski definition) is 1. The third kappa shape index (κ3) is 2.53. The van der Waals surface area contributed by atoms with E-state index in [1.807, 2.05) is 19.9 Å². The predicted molar refractivity (Wildman–Crippen MR) is 68.7 cm³/mol. The topological polar surface area (TPSA) is 46.2 Å². The molecule has 0 amide bonds. The molecular weight excluding hydrogens is 234 g/mol. The van der Waals surface area contributed by atoms with Crippen molar-refractivity contribution < 1.29 is 8.42 Å². The van der Waals surface area contributed by atoms with E-state index in [0.29, 0.717) is 4.90 Å². The molecule has 1 fully saturated rings. The third-order valence-electron chi connectivity index (χ3n) is 3.45. The Morgan fingerprint density at radius 3 is 2.53 bits per heavy atom. The molecule has 0 aliphatic carbocycles. The highest BCUT2D eigenvalue weighted by molar-refractivity contribution is 7.92. The van der Waals surface area contributed by atoms with Crippen molar-refractivity contribution in [1.82, 2.24) is 5.32 Å². The van der Waals surface area contributed by atoms with Gasteiger partial charge in [-0.25, -0.2) is 8.42 Å². The Labute approximate surface area is 103 Å². The van der Waals surface area contributed by atoms with E-state index in [1.165, 1.54) is 0 Å². The van der Waals surface area contributed by atoms with Crippen LogP contribution in [0.1, 0.15) is 30.4 Å². The fourth-order valence-corrected chi connectivity index (χ4v) is 3.88. The van der Waals surface area contributed by atoms with Crippen molar-refractivity contribution in [3.63, 3.8) is 0 Å². The van der Waals surface area contributed by atoms with Crippen molar-refractivity contribution in [3.8, 4) is 0 Å². The van der Waals surface area contributed by atoms with Crippen molar-refractivity contribution in [3.05, 3.63) is 29.3 Å². The number of piperidine rings is 1. The molecule has 1 atom stereocenters. The van der Waals surface area contributed by atoms with Crippen molar-refractivity contribution in [2.75, 3.05) is 6.54 Å². The van der Waals surface area contributed by atoms with Crippen LogP contribution in [0.2, 0.25) is 0 Å². The van der Waals surface area contributed by atoms with Crippen LogP contribution in [0.4, 0.5) is 0 Å². The van der Waals surface area contributed by atoms with Gasteiger partial charge in [0.15, 0.2) is 9.84 Å². The summed E-state index contributed by atoms with van der Waals surface area (Å²) in [6.45, 7) is 4.74. The van der Waals surface area contributed by atoms with Crippen LogP contribution in [0.3, 0.4) is 0 Å². The molecule has 1 aliphatic rings. The van der Waals surface area contributed by atoms with Gasteiger partial charge in [0.25, 0.3) is 0 Å². The number of benzene rings is 1. The molecule has 0 aromatic heterocycles. The quantitative estimate of drug-likeness (QED) is 0.878. The number of aryl methyl sites for hydroxylation is 2. The van der Waals surface area contributed by atoms with Crippen LogP contribution in [0.5, 0.6) is 0 Å². The van der Waals surface area contributed by atoms with Gasteiger partial charge in [0.2, 0.25) is 0 Å². The predicted octanol–water partition coefficient (Wildman–Crippen LogP) is 2.18. The number of nitrogens with one attached hydrogen (secondary N) is 1. The number of rotatable bonds is 2. The van der Waals surface area contributed by atoms with E-state index in [-0.39, 0.29) is 0 Å². The monoisotopic (exact) mass is 253 g/mol. The molecule has 0 radical (unpaired) electrons. The Morgan fingerprint density at radius 2 is 1.94 bits per heavy atom. The maximum atomic E-state index is 12.4. The van der Waals surface area contributed by atoms with Gasteiger partial charge in [-0.05, 0) is 62.9 Å². The smallest absolute Gasteiger partial charge is 0.194 e. The van der Waals surface area contributed by atoms with Gasteiger partial charge in [-0.15, -0.1) is 0 Å². The third-order valence-corrected chi connectivity index (χ3v) is 5.51. The van der Waals surface area contributed by atoms with E-state index in [2.05, 4.69) is 5.32 Å². The van der Waals surface area contributed by atoms with E-state index < -0.39 is 15.2 Å². The first-order chi connectivity index (χ1) is 8.01. The summed E-state index contributed by atoms with van der Waals surface area (Å²) in [5.74, 6) is 0. The van der Waals surface area contributed by atoms with Crippen molar-refractivity contribution in [1.29, 1.82) is 0 Å². The van der Waals surface area contributed by atoms with Crippen LogP contribution in [0.25, 0.3) is 0 Å². The van der Waals surface area contributed by atoms with Gasteiger partial charge < -0.3 is 5.32 Å². The second kappa shape index (κ2) is 4.78. The van der Waals surface area contributed by atoms with Gasteiger partial charge in [-0.1, -0.05) is 6.07 Å². The minimum absolute atomic E-state index is 0.404. The molecule has 0 saturated carbocycles. The standard InChI is InChI=1S/C13H19NO2S/c1-10-6-7-12(9-11(10)2)17(15,16)13-5-3-4-8-14-13/h6-7,9,13-14H,3-5,8H2,1-2H3. The van der Waals surface area contributed by atoms with Gasteiger partial charge in [0, 0.05) is 0 Å². The molecule has 1 aliphatic heterocycles. The zero-order valence-corrected chi connectivity index (χ0v) is 11.2. The van der Waals surface area contributed by atoms with Crippen LogP contribution in [-0.2, 0) is 9.84 Å². The second-order valence-corrected chi connectivity index (χ2v) is 6.86. The van der Waals surface area contributed by atoms with Crippen LogP contribution in [0.15, 0.2) is 23.1 Å². The van der Waals surface area contributed by atoms with Crippen LogP contribution >= 0.6 is 0 Å². The molecule has 94 valence electrons. The summed E-state index contributed by atoms with van der Waals surface area (Å²) in [4.78, 5) is 0.444. The minimum atomic E-state index is -3.21. The average molecular weight is 253 g/mol. The number of sulfone groups is 1. The van der Waals surface area contributed by atoms with E-state index in [4.69, 9.17) is 0 Å². The highest BCUT2D eigenvalue weighted by atomic mass is 32.2. The Morgan fingerprint density at radius 1 is 1.18 bits per heavy atom. The van der Waals surface area contributed by atoms with E-state index in [1.54, 1.807) is 12.1 Å². The maximum Gasteiger partial charge on any atom is 0.194 e. The number of hydrogen-bond acceptors (Lipinski definition) is 3. The first kappa shape index (κ1) is 12.6. The molecule has 1 heterocycles. The first-order valence-electron chi connectivity index (χ1n) is 6.06. The fourth-order valence-electron chi connectivity index (χ4n) is 2.14. The molecule has 0 spiro atoms. The van der Waals surface area contributed by atoms with Crippen LogP contribution < -0.4 is 5.32 Å². The molecule has 17 heavy (non-hydrogen) atoms. The summed E-state index contributed by atoms with van der Waals surface area (Å²) in [7, 11) is -3.21. The summed E-state index contributed by atoms with van der Waals surface area (Å²) in [5.41, 5.74) is 2.16. The van der Waals surface area contributed by atoms with Gasteiger partial charge in [0.1, 0.15) is 5.37 Å². The summed E-state index contributed by atoms with van der Waals surface area (Å²) >= 11 is 0. The lowest BCUT2D eigenvalue weighted by Crippen LogP contribution is -2.40. The van der Waals surface area contributed by atoms with Gasteiger partial charge in [0.05, 0.1) is 4.90 Å². The zero-order valence-electron chi connectivity index (χ0n) is 10.4. The molecule has 1 unspecified atom stereocenters. The highest BCUT2D eigenvalue weighted by Crippen LogP contribution is 2.22. The molecule has 4 heteroatoms. The normalized spacial score (nSPS) is 21.4. The van der Waals surface area contributed by atoms with Crippen LogP contribution in [0, 0.1) is 13.8 Å². The van der Waals surface area contributed by atoms with E-state index >= 15 is 0 Å². The fraction of sp³-hybridized carbons (Fsp3) is 0.538. The molecule has 1 saturated heterocycles. The van der Waals surface area contributed by atoms with E-state index in [0.717, 1.165) is 36.9 Å². The van der Waals surface area contributed by atoms with Gasteiger partial charge in [-0.3, -0.25) is 0 Å². The summed E-state index contributed by atoms with van der Waals surface area (Å²) in [6, 6.07) is 5.37. The van der Waals surface area contributed by atoms with Gasteiger partial charge >= 0.3 is 0 Å². The summed E-state index contributed by atoms with van der Waals surface area (Å²) < 4.78 is 24.8. The Balaban J connectivity index is 2.33. The van der Waals surface area contributed by atoms with Crippen molar-refractivity contribution in [2.24, 2.45) is 0 Å². The Kier molecular flexibility index (Phi) is 3.54. The van der Waals surface area contributed by atoms with E-state index in [9.17, 15) is 8.42 Å². The van der Waals surface area contributed by atoms with Crippen LogP contribution in [-0.4, -0.2) is 20.3 Å². The molecular formula is C13H19NO2S. The molecule has 1 aromatic carbocycles. The van der Waals surface area contributed by atoms with Crippen molar-refractivity contribution >= 4 is 9.84 Å². The second-order valence-electron chi connectivity index (χ2n) is 4.73. The lowest BCUT2D eigenvalue weighted by Gasteiger charge is -2.23. The lowest BCUT2D eigenvalue weighted by molar-refractivity contribution is 0.461. The average Bonchev–Trinajstić information content (AvgIpc) is 2.33. The zero-order chi connectivity index (χ0) is 12.5.